The second kappa shape index (κ2) is 7.17. The molecule has 1 rings (SSSR count). The molecule has 0 amide bonds. The fourth-order valence-electron chi connectivity index (χ4n) is 1.45. The molecule has 0 aliphatic rings. The van der Waals surface area contributed by atoms with Crippen LogP contribution in [-0.2, 0) is 9.53 Å². The van der Waals surface area contributed by atoms with Gasteiger partial charge in [0, 0.05) is 11.2 Å². The third kappa shape index (κ3) is 4.49. The van der Waals surface area contributed by atoms with E-state index in [9.17, 15) is 4.79 Å². The molecule has 0 aliphatic carbocycles. The van der Waals surface area contributed by atoms with Gasteiger partial charge in [-0.15, -0.1) is 0 Å². The second-order valence-electron chi connectivity index (χ2n) is 4.27. The molecule has 0 spiro atoms. The maximum Gasteiger partial charge on any atom is 0.331 e. The number of aliphatic imine (C=N–C) groups is 1. The Morgan fingerprint density at radius 3 is 2.50 bits per heavy atom. The van der Waals surface area contributed by atoms with Crippen LogP contribution in [0.15, 0.2) is 29.3 Å². The van der Waals surface area contributed by atoms with Gasteiger partial charge in [-0.25, -0.2) is 4.79 Å². The predicted molar refractivity (Wildman–Crippen MR) is 74.3 cm³/mol. The van der Waals surface area contributed by atoms with Gasteiger partial charge in [-0.3, -0.25) is 4.99 Å². The van der Waals surface area contributed by atoms with E-state index in [0.29, 0.717) is 11.6 Å². The van der Waals surface area contributed by atoms with Crippen LogP contribution < -0.4 is 0 Å². The van der Waals surface area contributed by atoms with E-state index in [2.05, 4.69) is 4.99 Å². The summed E-state index contributed by atoms with van der Waals surface area (Å²) in [5.41, 5.74) is 0.911. The molecule has 98 valence electrons. The van der Waals surface area contributed by atoms with E-state index < -0.39 is 6.04 Å². The van der Waals surface area contributed by atoms with E-state index >= 15 is 0 Å². The van der Waals surface area contributed by atoms with Crippen molar-refractivity contribution in [2.24, 2.45) is 10.9 Å². The van der Waals surface area contributed by atoms with Gasteiger partial charge in [0.15, 0.2) is 0 Å². The smallest absolute Gasteiger partial charge is 0.331 e. The van der Waals surface area contributed by atoms with Crippen LogP contribution >= 0.6 is 11.6 Å². The number of benzene rings is 1. The summed E-state index contributed by atoms with van der Waals surface area (Å²) < 4.78 is 5.00. The van der Waals surface area contributed by atoms with Crippen molar-refractivity contribution < 1.29 is 9.53 Å². The lowest BCUT2D eigenvalue weighted by Crippen LogP contribution is -2.27. The molecule has 1 unspecified atom stereocenters. The first-order valence-corrected chi connectivity index (χ1v) is 6.37. The van der Waals surface area contributed by atoms with Gasteiger partial charge in [0.25, 0.3) is 0 Å². The third-order valence-corrected chi connectivity index (χ3v) is 2.67. The van der Waals surface area contributed by atoms with Gasteiger partial charge >= 0.3 is 5.97 Å². The van der Waals surface area contributed by atoms with Gasteiger partial charge in [0.1, 0.15) is 6.04 Å². The summed E-state index contributed by atoms with van der Waals surface area (Å²) in [6, 6.07) is 6.83. The summed E-state index contributed by atoms with van der Waals surface area (Å²) in [5, 5.41) is 0.679. The third-order valence-electron chi connectivity index (χ3n) is 2.41. The van der Waals surface area contributed by atoms with Crippen molar-refractivity contribution in [1.29, 1.82) is 0 Å². The van der Waals surface area contributed by atoms with Crippen LogP contribution in [0.5, 0.6) is 0 Å². The van der Waals surface area contributed by atoms with E-state index in [4.69, 9.17) is 16.3 Å². The molecule has 0 heterocycles. The summed E-state index contributed by atoms with van der Waals surface area (Å²) in [4.78, 5) is 16.0. The van der Waals surface area contributed by atoms with Crippen LogP contribution in [0.2, 0.25) is 5.02 Å². The van der Waals surface area contributed by atoms with Crippen molar-refractivity contribution in [2.75, 3.05) is 6.61 Å². The average Bonchev–Trinajstić information content (AvgIpc) is 2.31. The van der Waals surface area contributed by atoms with Gasteiger partial charge in [0.05, 0.1) is 6.61 Å². The van der Waals surface area contributed by atoms with Crippen LogP contribution in [0.1, 0.15) is 26.3 Å². The summed E-state index contributed by atoms with van der Waals surface area (Å²) >= 11 is 5.80. The van der Waals surface area contributed by atoms with E-state index in [0.717, 1.165) is 5.56 Å². The highest BCUT2D eigenvalue weighted by molar-refractivity contribution is 6.30. The molecule has 0 bridgehead atoms. The summed E-state index contributed by atoms with van der Waals surface area (Å²) in [7, 11) is 0. The minimum Gasteiger partial charge on any atom is -0.464 e. The number of carbonyl (C=O) groups excluding carboxylic acids is 1. The number of halogens is 1. The molecule has 0 radical (unpaired) electrons. The molecule has 0 fully saturated rings. The number of hydrogen-bond donors (Lipinski definition) is 0. The van der Waals surface area contributed by atoms with Gasteiger partial charge in [-0.05, 0) is 30.5 Å². The van der Waals surface area contributed by atoms with Crippen molar-refractivity contribution >= 4 is 23.8 Å². The van der Waals surface area contributed by atoms with Crippen LogP contribution in [0.3, 0.4) is 0 Å². The minimum absolute atomic E-state index is 0.104. The fourth-order valence-corrected chi connectivity index (χ4v) is 1.57. The molecule has 0 aromatic heterocycles. The normalized spacial score (nSPS) is 12.9. The maximum absolute atomic E-state index is 11.7. The molecule has 0 aliphatic heterocycles. The fraction of sp³-hybridized carbons (Fsp3) is 0.429. The van der Waals surface area contributed by atoms with E-state index in [-0.39, 0.29) is 11.9 Å². The molecule has 1 aromatic rings. The molecule has 0 saturated carbocycles. The first-order valence-electron chi connectivity index (χ1n) is 6.00. The molecule has 0 N–H and O–H groups in total. The van der Waals surface area contributed by atoms with E-state index in [1.807, 2.05) is 26.0 Å². The number of ether oxygens (including phenoxy) is 1. The Kier molecular flexibility index (Phi) is 5.86. The molecular weight excluding hydrogens is 250 g/mol. The lowest BCUT2D eigenvalue weighted by molar-refractivity contribution is -0.145. The van der Waals surface area contributed by atoms with Gasteiger partial charge < -0.3 is 4.74 Å². The Morgan fingerprint density at radius 2 is 2.00 bits per heavy atom. The highest BCUT2D eigenvalue weighted by Crippen LogP contribution is 2.11. The van der Waals surface area contributed by atoms with Crippen molar-refractivity contribution in [3.05, 3.63) is 34.9 Å². The molecule has 18 heavy (non-hydrogen) atoms. The SMILES string of the molecule is CCOC(=O)C(N=Cc1ccc(Cl)cc1)C(C)C. The maximum atomic E-state index is 11.7. The first-order chi connectivity index (χ1) is 8.54. The van der Waals surface area contributed by atoms with E-state index in [1.54, 1.807) is 25.3 Å². The second-order valence-corrected chi connectivity index (χ2v) is 4.71. The molecular formula is C14H18ClNO2. The summed E-state index contributed by atoms with van der Waals surface area (Å²) in [6.07, 6.45) is 1.68. The van der Waals surface area contributed by atoms with E-state index in [1.165, 1.54) is 0 Å². The highest BCUT2D eigenvalue weighted by Gasteiger charge is 2.21. The molecule has 3 nitrogen and oxygen atoms in total. The Hall–Kier alpha value is -1.35. The van der Waals surface area contributed by atoms with Crippen molar-refractivity contribution in [3.8, 4) is 0 Å². The van der Waals surface area contributed by atoms with Crippen molar-refractivity contribution in [2.45, 2.75) is 26.8 Å². The van der Waals surface area contributed by atoms with Crippen LogP contribution in [0.25, 0.3) is 0 Å². The molecule has 4 heteroatoms. The Bertz CT molecular complexity index is 412. The van der Waals surface area contributed by atoms with Crippen LogP contribution in [-0.4, -0.2) is 24.8 Å². The van der Waals surface area contributed by atoms with Crippen LogP contribution in [0, 0.1) is 5.92 Å². The highest BCUT2D eigenvalue weighted by atomic mass is 35.5. The number of hydrogen-bond acceptors (Lipinski definition) is 3. The first kappa shape index (κ1) is 14.7. The van der Waals surface area contributed by atoms with Gasteiger partial charge in [-0.1, -0.05) is 37.6 Å². The zero-order valence-corrected chi connectivity index (χ0v) is 11.6. The molecule has 1 atom stereocenters. The standard InChI is InChI=1S/C14H18ClNO2/c1-4-18-14(17)13(10(2)3)16-9-11-5-7-12(15)8-6-11/h5-10,13H,4H2,1-3H3. The Balaban J connectivity index is 2.77. The van der Waals surface area contributed by atoms with Crippen molar-refractivity contribution in [3.63, 3.8) is 0 Å². The zero-order chi connectivity index (χ0) is 13.5. The quantitative estimate of drug-likeness (QED) is 0.606. The lowest BCUT2D eigenvalue weighted by Gasteiger charge is -2.14. The summed E-state index contributed by atoms with van der Waals surface area (Å²) in [6.45, 7) is 6.05. The monoisotopic (exact) mass is 267 g/mol. The topological polar surface area (TPSA) is 38.7 Å². The average molecular weight is 268 g/mol. The number of carbonyl (C=O) groups is 1. The van der Waals surface area contributed by atoms with Crippen molar-refractivity contribution in [1.82, 2.24) is 0 Å². The largest absolute Gasteiger partial charge is 0.464 e. The van der Waals surface area contributed by atoms with Gasteiger partial charge in [0.2, 0.25) is 0 Å². The molecule has 0 saturated heterocycles. The Morgan fingerprint density at radius 1 is 1.39 bits per heavy atom. The molecule has 1 aromatic carbocycles. The Labute approximate surface area is 113 Å². The van der Waals surface area contributed by atoms with Crippen LogP contribution in [0.4, 0.5) is 0 Å². The minimum atomic E-state index is -0.458. The zero-order valence-electron chi connectivity index (χ0n) is 10.9. The number of esters is 1. The van der Waals surface area contributed by atoms with Gasteiger partial charge in [-0.2, -0.15) is 0 Å². The number of nitrogens with zero attached hydrogens (tertiary/aromatic N) is 1. The lowest BCUT2D eigenvalue weighted by atomic mass is 10.1. The number of rotatable bonds is 5. The predicted octanol–water partition coefficient (Wildman–Crippen LogP) is 3.35. The summed E-state index contributed by atoms with van der Waals surface area (Å²) in [5.74, 6) is -0.176.